The van der Waals surface area contributed by atoms with E-state index in [1.807, 2.05) is 18.2 Å². The number of amides is 1. The lowest BCUT2D eigenvalue weighted by molar-refractivity contribution is -0.116. The van der Waals surface area contributed by atoms with E-state index < -0.39 is 0 Å². The summed E-state index contributed by atoms with van der Waals surface area (Å²) in [5.41, 5.74) is 2.54. The molecule has 1 aromatic carbocycles. The monoisotopic (exact) mass is 417 g/mol. The lowest BCUT2D eigenvalue weighted by Gasteiger charge is -2.18. The minimum absolute atomic E-state index is 0.128. The summed E-state index contributed by atoms with van der Waals surface area (Å²) in [7, 11) is 4.55. The Morgan fingerprint density at radius 1 is 1.17 bits per heavy atom. The quantitative estimate of drug-likeness (QED) is 0.682. The Labute approximate surface area is 175 Å². The van der Waals surface area contributed by atoms with E-state index in [2.05, 4.69) is 12.2 Å². The minimum Gasteiger partial charge on any atom is -0.493 e. The molecule has 6 nitrogen and oxygen atoms in total. The number of aryl methyl sites for hydroxylation is 1. The third-order valence-electron chi connectivity index (χ3n) is 5.24. The summed E-state index contributed by atoms with van der Waals surface area (Å²) in [5.74, 6) is 1.37. The van der Waals surface area contributed by atoms with Gasteiger partial charge in [0.1, 0.15) is 5.00 Å². The first-order valence-electron chi connectivity index (χ1n) is 9.70. The van der Waals surface area contributed by atoms with Crippen LogP contribution < -0.4 is 14.8 Å². The number of fused-ring (bicyclic) bond motifs is 1. The van der Waals surface area contributed by atoms with E-state index in [0.29, 0.717) is 40.8 Å². The second-order valence-electron chi connectivity index (χ2n) is 7.28. The second kappa shape index (κ2) is 9.31. The SMILES string of the molecule is COC(=O)c1c(NC(=O)CCc2ccc(OC)c(OC)c2)sc2c1CCC(C)C2. The van der Waals surface area contributed by atoms with E-state index in [-0.39, 0.29) is 11.9 Å². The number of carbonyl (C=O) groups is 2. The van der Waals surface area contributed by atoms with Gasteiger partial charge in [-0.3, -0.25) is 4.79 Å². The van der Waals surface area contributed by atoms with Crippen molar-refractivity contribution in [2.75, 3.05) is 26.6 Å². The van der Waals surface area contributed by atoms with Crippen LogP contribution in [0.3, 0.4) is 0 Å². The van der Waals surface area contributed by atoms with E-state index in [1.54, 1.807) is 14.2 Å². The molecule has 1 heterocycles. The lowest BCUT2D eigenvalue weighted by Crippen LogP contribution is -2.16. The summed E-state index contributed by atoms with van der Waals surface area (Å²) in [4.78, 5) is 26.1. The van der Waals surface area contributed by atoms with Crippen LogP contribution in [-0.4, -0.2) is 33.2 Å². The molecule has 1 aliphatic rings. The zero-order valence-electron chi connectivity index (χ0n) is 17.3. The van der Waals surface area contributed by atoms with Crippen molar-refractivity contribution in [3.05, 3.63) is 39.8 Å². The molecule has 0 aliphatic heterocycles. The number of ether oxygens (including phenoxy) is 3. The Bertz CT molecular complexity index is 905. The number of carbonyl (C=O) groups excluding carboxylic acids is 2. The van der Waals surface area contributed by atoms with E-state index in [1.165, 1.54) is 23.3 Å². The van der Waals surface area contributed by atoms with Crippen molar-refractivity contribution < 1.29 is 23.8 Å². The first kappa shape index (κ1) is 21.2. The fraction of sp³-hybridized carbons (Fsp3) is 0.455. The lowest BCUT2D eigenvalue weighted by atomic mass is 9.88. The van der Waals surface area contributed by atoms with Gasteiger partial charge in [-0.05, 0) is 54.9 Å². The Morgan fingerprint density at radius 2 is 1.93 bits per heavy atom. The second-order valence-corrected chi connectivity index (χ2v) is 8.39. The van der Waals surface area contributed by atoms with Crippen molar-refractivity contribution in [1.29, 1.82) is 0 Å². The Balaban J connectivity index is 1.71. The van der Waals surface area contributed by atoms with Crippen molar-refractivity contribution in [3.63, 3.8) is 0 Å². The molecule has 0 bridgehead atoms. The van der Waals surface area contributed by atoms with Crippen molar-refractivity contribution in [1.82, 2.24) is 0 Å². The van der Waals surface area contributed by atoms with Gasteiger partial charge in [-0.2, -0.15) is 0 Å². The van der Waals surface area contributed by atoms with Crippen LogP contribution >= 0.6 is 11.3 Å². The average Bonchev–Trinajstić information content (AvgIpc) is 3.07. The van der Waals surface area contributed by atoms with Gasteiger partial charge in [-0.25, -0.2) is 4.79 Å². The fourth-order valence-electron chi connectivity index (χ4n) is 3.64. The standard InChI is InChI=1S/C22H27NO5S/c1-13-5-8-15-18(11-13)29-21(20(15)22(25)28-4)23-19(24)10-7-14-6-9-16(26-2)17(12-14)27-3/h6,9,12-13H,5,7-8,10-11H2,1-4H3,(H,23,24). The molecule has 3 rings (SSSR count). The maximum absolute atomic E-state index is 12.6. The maximum atomic E-state index is 12.6. The van der Waals surface area contributed by atoms with Crippen LogP contribution in [0.2, 0.25) is 0 Å². The van der Waals surface area contributed by atoms with Crippen LogP contribution in [-0.2, 0) is 28.8 Å². The number of hydrogen-bond acceptors (Lipinski definition) is 6. The summed E-state index contributed by atoms with van der Waals surface area (Å²) in [6.45, 7) is 2.21. The van der Waals surface area contributed by atoms with Gasteiger partial charge in [-0.15, -0.1) is 11.3 Å². The summed E-state index contributed by atoms with van der Waals surface area (Å²) >= 11 is 1.50. The summed E-state index contributed by atoms with van der Waals surface area (Å²) in [5, 5.41) is 3.55. The number of benzene rings is 1. The number of rotatable bonds is 7. The van der Waals surface area contributed by atoms with Crippen LogP contribution in [0.25, 0.3) is 0 Å². The molecule has 0 spiro atoms. The van der Waals surface area contributed by atoms with Crippen LogP contribution in [0.15, 0.2) is 18.2 Å². The normalized spacial score (nSPS) is 15.4. The molecule has 2 aromatic rings. The van der Waals surface area contributed by atoms with E-state index in [0.717, 1.165) is 30.4 Å². The molecule has 1 atom stereocenters. The number of hydrogen-bond donors (Lipinski definition) is 1. The van der Waals surface area contributed by atoms with Gasteiger partial charge in [-0.1, -0.05) is 13.0 Å². The molecular formula is C22H27NO5S. The molecule has 1 amide bonds. The van der Waals surface area contributed by atoms with Crippen LogP contribution in [0, 0.1) is 5.92 Å². The van der Waals surface area contributed by atoms with Gasteiger partial charge in [0.25, 0.3) is 0 Å². The summed E-state index contributed by atoms with van der Waals surface area (Å²) < 4.78 is 15.5. The summed E-state index contributed by atoms with van der Waals surface area (Å²) in [6.07, 6.45) is 3.68. The Kier molecular flexibility index (Phi) is 6.79. The highest BCUT2D eigenvalue weighted by atomic mass is 32.1. The van der Waals surface area contributed by atoms with E-state index >= 15 is 0 Å². The molecule has 1 N–H and O–H groups in total. The van der Waals surface area contributed by atoms with Gasteiger partial charge in [0.05, 0.1) is 26.9 Å². The van der Waals surface area contributed by atoms with E-state index in [4.69, 9.17) is 14.2 Å². The smallest absolute Gasteiger partial charge is 0.341 e. The Morgan fingerprint density at radius 3 is 2.62 bits per heavy atom. The molecule has 1 aliphatic carbocycles. The molecule has 0 saturated carbocycles. The Hall–Kier alpha value is -2.54. The third-order valence-corrected chi connectivity index (χ3v) is 6.41. The third kappa shape index (κ3) is 4.72. The number of thiophene rings is 1. The van der Waals surface area contributed by atoms with Gasteiger partial charge in [0, 0.05) is 11.3 Å². The summed E-state index contributed by atoms with van der Waals surface area (Å²) in [6, 6.07) is 5.62. The molecule has 0 fully saturated rings. The molecule has 156 valence electrons. The minimum atomic E-state index is -0.382. The largest absolute Gasteiger partial charge is 0.493 e. The number of esters is 1. The van der Waals surface area contributed by atoms with Crippen molar-refractivity contribution in [3.8, 4) is 11.5 Å². The maximum Gasteiger partial charge on any atom is 0.341 e. The van der Waals surface area contributed by atoms with Gasteiger partial charge in [0.15, 0.2) is 11.5 Å². The zero-order valence-corrected chi connectivity index (χ0v) is 18.1. The van der Waals surface area contributed by atoms with Gasteiger partial charge >= 0.3 is 5.97 Å². The first-order valence-corrected chi connectivity index (χ1v) is 10.5. The highest BCUT2D eigenvalue weighted by Crippen LogP contribution is 2.40. The van der Waals surface area contributed by atoms with Crippen LogP contribution in [0.5, 0.6) is 11.5 Å². The van der Waals surface area contributed by atoms with Crippen molar-refractivity contribution >= 4 is 28.2 Å². The first-order chi connectivity index (χ1) is 14.0. The predicted octanol–water partition coefficient (Wildman–Crippen LogP) is 4.25. The average molecular weight is 418 g/mol. The molecule has 1 aromatic heterocycles. The number of nitrogens with one attached hydrogen (secondary N) is 1. The molecule has 29 heavy (non-hydrogen) atoms. The highest BCUT2D eigenvalue weighted by molar-refractivity contribution is 7.17. The topological polar surface area (TPSA) is 73.9 Å². The highest BCUT2D eigenvalue weighted by Gasteiger charge is 2.28. The molecule has 0 saturated heterocycles. The van der Waals surface area contributed by atoms with Gasteiger partial charge < -0.3 is 19.5 Å². The van der Waals surface area contributed by atoms with E-state index in [9.17, 15) is 9.59 Å². The molecule has 0 radical (unpaired) electrons. The zero-order chi connectivity index (χ0) is 21.0. The van der Waals surface area contributed by atoms with Crippen LogP contribution in [0.4, 0.5) is 5.00 Å². The number of methoxy groups -OCH3 is 3. The number of anilines is 1. The molecule has 1 unspecified atom stereocenters. The fourth-order valence-corrected chi connectivity index (χ4v) is 5.06. The molecule has 7 heteroatoms. The molecular weight excluding hydrogens is 390 g/mol. The predicted molar refractivity (Wildman–Crippen MR) is 113 cm³/mol. The van der Waals surface area contributed by atoms with Crippen molar-refractivity contribution in [2.45, 2.75) is 39.0 Å². The van der Waals surface area contributed by atoms with Crippen LogP contribution in [0.1, 0.15) is 46.1 Å². The van der Waals surface area contributed by atoms with Gasteiger partial charge in [0.2, 0.25) is 5.91 Å². The van der Waals surface area contributed by atoms with Crippen molar-refractivity contribution in [2.24, 2.45) is 5.92 Å².